The van der Waals surface area contributed by atoms with Gasteiger partial charge in [0, 0.05) is 16.5 Å². The van der Waals surface area contributed by atoms with Crippen LogP contribution in [0.25, 0.3) is 33.8 Å². The van der Waals surface area contributed by atoms with E-state index in [1.54, 1.807) is 0 Å². The summed E-state index contributed by atoms with van der Waals surface area (Å²) in [4.78, 5) is 0. The predicted octanol–water partition coefficient (Wildman–Crippen LogP) is 4.16. The van der Waals surface area contributed by atoms with E-state index in [1.165, 1.54) is 22.3 Å². The average Bonchev–Trinajstić information content (AvgIpc) is 2.90. The summed E-state index contributed by atoms with van der Waals surface area (Å²) < 4.78 is 41.7. The van der Waals surface area contributed by atoms with Crippen LogP contribution in [-0.2, 0) is 6.42 Å². The summed E-state index contributed by atoms with van der Waals surface area (Å²) in [5.74, 6) is 1.77. The first-order valence-electron chi connectivity index (χ1n) is 11.3. The first-order chi connectivity index (χ1) is 17.8. The van der Waals surface area contributed by atoms with Gasteiger partial charge in [0.25, 0.3) is 0 Å². The van der Waals surface area contributed by atoms with Gasteiger partial charge < -0.3 is 0 Å². The molecule has 4 aromatic carbocycles. The van der Waals surface area contributed by atoms with Crippen molar-refractivity contribution in [3.63, 3.8) is 0 Å². The van der Waals surface area contributed by atoms with Gasteiger partial charge in [-0.1, -0.05) is 94.8 Å². The Kier molecular flexibility index (Phi) is 8.84. The summed E-state index contributed by atoms with van der Waals surface area (Å²) in [6.45, 7) is 0. The molecule has 7 heteroatoms. The van der Waals surface area contributed by atoms with E-state index in [-0.39, 0.29) is 0 Å². The van der Waals surface area contributed by atoms with Crippen molar-refractivity contribution in [3.05, 3.63) is 137 Å². The number of hydrogen-bond donors (Lipinski definition) is 0. The highest BCUT2D eigenvalue weighted by Crippen LogP contribution is 2.38. The minimum atomic E-state index is -4.94. The fourth-order valence-corrected chi connectivity index (χ4v) is 4.23. The summed E-state index contributed by atoms with van der Waals surface area (Å²) >= 11 is 3.55. The zero-order valence-corrected chi connectivity index (χ0v) is 21.9. The molecule has 0 atom stereocenters. The lowest BCUT2D eigenvalue weighted by molar-refractivity contribution is -2.00. The lowest BCUT2D eigenvalue weighted by Crippen LogP contribution is -2.68. The molecule has 0 bridgehead atoms. The molecule has 0 saturated carbocycles. The van der Waals surface area contributed by atoms with Crippen LogP contribution in [0.1, 0.15) is 11.1 Å². The van der Waals surface area contributed by atoms with Crippen molar-refractivity contribution in [2.45, 2.75) is 6.42 Å². The maximum absolute atomic E-state index is 8.49. The molecule has 1 heterocycles. The van der Waals surface area contributed by atoms with Gasteiger partial charge >= 0.3 is 11.5 Å². The third kappa shape index (κ3) is 7.81. The van der Waals surface area contributed by atoms with E-state index >= 15 is 0 Å². The van der Waals surface area contributed by atoms with E-state index in [0.717, 1.165) is 33.5 Å². The molecule has 0 fully saturated rings. The summed E-state index contributed by atoms with van der Waals surface area (Å²) in [5.41, 5.74) is 6.95. The topological polar surface area (TPSA) is 104 Å². The highest BCUT2D eigenvalue weighted by atomic mass is 79.9. The van der Waals surface area contributed by atoms with E-state index in [2.05, 4.69) is 113 Å². The van der Waals surface area contributed by atoms with Gasteiger partial charge in [0.2, 0.25) is 0 Å². The van der Waals surface area contributed by atoms with Crippen molar-refractivity contribution in [1.29, 1.82) is 0 Å². The van der Waals surface area contributed by atoms with E-state index in [1.807, 2.05) is 24.3 Å². The SMILES string of the molecule is Brc1ccc(Cc2c(-c3ccccc3)cc(-c3ccccc3)[o+]c2-c2ccccc2)cc1.[O-][Cl+3]([O-])([O-])[O-]. The first kappa shape index (κ1) is 26.7. The van der Waals surface area contributed by atoms with E-state index in [0.29, 0.717) is 0 Å². The molecule has 1 aromatic heterocycles. The number of rotatable bonds is 5. The van der Waals surface area contributed by atoms with Crippen LogP contribution in [0, 0.1) is 10.2 Å². The molecule has 5 nitrogen and oxygen atoms in total. The molecular weight excluding hydrogens is 556 g/mol. The highest BCUT2D eigenvalue weighted by molar-refractivity contribution is 9.10. The Bertz CT molecular complexity index is 1360. The Morgan fingerprint density at radius 1 is 0.595 bits per heavy atom. The van der Waals surface area contributed by atoms with Gasteiger partial charge in [-0.15, -0.1) is 10.2 Å². The summed E-state index contributed by atoms with van der Waals surface area (Å²) in [6, 6.07) is 42.0. The van der Waals surface area contributed by atoms with E-state index in [4.69, 9.17) is 23.1 Å². The van der Waals surface area contributed by atoms with Crippen molar-refractivity contribution in [3.8, 4) is 33.8 Å². The fraction of sp³-hybridized carbons (Fsp3) is 0.0333. The van der Waals surface area contributed by atoms with Crippen molar-refractivity contribution >= 4 is 15.9 Å². The summed E-state index contributed by atoms with van der Waals surface area (Å²) in [6.07, 6.45) is 0.778. The fourth-order valence-electron chi connectivity index (χ4n) is 3.97. The first-order valence-corrected chi connectivity index (χ1v) is 13.3. The number of hydrogen-bond acceptors (Lipinski definition) is 4. The summed E-state index contributed by atoms with van der Waals surface area (Å²) in [7, 11) is -4.94. The van der Waals surface area contributed by atoms with Gasteiger partial charge in [0.05, 0.1) is 22.8 Å². The normalized spacial score (nSPS) is 10.9. The molecule has 5 aromatic rings. The Labute approximate surface area is 225 Å². The van der Waals surface area contributed by atoms with Crippen molar-refractivity contribution in [2.75, 3.05) is 0 Å². The smallest absolute Gasteiger partial charge is 0.222 e. The van der Waals surface area contributed by atoms with Gasteiger partial charge in [0.1, 0.15) is 0 Å². The second kappa shape index (κ2) is 12.3. The average molecular weight is 578 g/mol. The minimum absolute atomic E-state index is 0.778. The van der Waals surface area contributed by atoms with Crippen LogP contribution in [0.15, 0.2) is 130 Å². The molecule has 0 amide bonds. The second-order valence-electron chi connectivity index (χ2n) is 8.11. The monoisotopic (exact) mass is 576 g/mol. The Morgan fingerprint density at radius 3 is 1.57 bits per heavy atom. The van der Waals surface area contributed by atoms with Crippen LogP contribution >= 0.6 is 15.9 Å². The van der Waals surface area contributed by atoms with Gasteiger partial charge in [-0.05, 0) is 47.5 Å². The van der Waals surface area contributed by atoms with Gasteiger partial charge in [-0.3, -0.25) is 0 Å². The van der Waals surface area contributed by atoms with Crippen LogP contribution < -0.4 is 18.6 Å². The molecule has 0 spiro atoms. The number of halogens is 2. The molecule has 186 valence electrons. The minimum Gasteiger partial charge on any atom is -0.222 e. The van der Waals surface area contributed by atoms with Gasteiger partial charge in [-0.25, -0.2) is 23.1 Å². The molecule has 0 N–H and O–H groups in total. The molecule has 0 aliphatic carbocycles. The molecule has 0 aliphatic heterocycles. The van der Waals surface area contributed by atoms with Gasteiger partial charge in [-0.2, -0.15) is 0 Å². The zero-order chi connectivity index (χ0) is 26.3. The molecule has 5 rings (SSSR count). The lowest BCUT2D eigenvalue weighted by atomic mass is 9.91. The largest absolute Gasteiger partial charge is 0.364 e. The van der Waals surface area contributed by atoms with Crippen LogP contribution in [0.4, 0.5) is 0 Å². The van der Waals surface area contributed by atoms with Crippen LogP contribution in [0.2, 0.25) is 0 Å². The molecule has 0 radical (unpaired) electrons. The van der Waals surface area contributed by atoms with Crippen molar-refractivity contribution < 1.29 is 33.3 Å². The Morgan fingerprint density at radius 2 is 1.05 bits per heavy atom. The molecule has 37 heavy (non-hydrogen) atoms. The second-order valence-corrected chi connectivity index (χ2v) is 9.78. The highest BCUT2D eigenvalue weighted by Gasteiger charge is 2.27. The Balaban J connectivity index is 0.000000586. The number of benzene rings is 4. The molecule has 0 saturated heterocycles. The van der Waals surface area contributed by atoms with E-state index < -0.39 is 10.2 Å². The third-order valence-corrected chi connectivity index (χ3v) is 6.09. The maximum atomic E-state index is 8.49. The third-order valence-electron chi connectivity index (χ3n) is 5.56. The molecule has 0 unspecified atom stereocenters. The quantitative estimate of drug-likeness (QED) is 0.292. The molecule has 0 aliphatic rings. The Hall–Kier alpha value is -3.36. The maximum Gasteiger partial charge on any atom is 0.364 e. The predicted molar refractivity (Wildman–Crippen MR) is 136 cm³/mol. The lowest BCUT2D eigenvalue weighted by Gasteiger charge is -2.17. The summed E-state index contributed by atoms with van der Waals surface area (Å²) in [5, 5.41) is 0. The van der Waals surface area contributed by atoms with Crippen molar-refractivity contribution in [2.24, 2.45) is 0 Å². The zero-order valence-electron chi connectivity index (χ0n) is 19.6. The molecular formula is C30H22BrClO5. The van der Waals surface area contributed by atoms with Gasteiger partial charge in [0.15, 0.2) is 0 Å². The van der Waals surface area contributed by atoms with Crippen LogP contribution in [-0.4, -0.2) is 0 Å². The standard InChI is InChI=1S/C30H22BrO.ClHO4/c31-26-18-16-22(17-19-26)20-28-27(23-10-4-1-5-11-23)21-29(24-12-6-2-7-13-24)32-30(28)25-14-8-3-9-15-25;2-1(3,4)5/h1-19,21H,20H2;(H,2,3,4,5)/q+1;/p-1. The van der Waals surface area contributed by atoms with Crippen LogP contribution in [0.3, 0.4) is 0 Å². The van der Waals surface area contributed by atoms with E-state index in [9.17, 15) is 0 Å². The van der Waals surface area contributed by atoms with Crippen LogP contribution in [0.5, 0.6) is 0 Å². The van der Waals surface area contributed by atoms with Crippen molar-refractivity contribution in [1.82, 2.24) is 0 Å².